The number of aromatic nitrogens is 1. The van der Waals surface area contributed by atoms with E-state index in [-0.39, 0.29) is 6.61 Å². The number of nitrogens with zero attached hydrogens (tertiary/aromatic N) is 1. The molecule has 0 bridgehead atoms. The van der Waals surface area contributed by atoms with Gasteiger partial charge in [-0.05, 0) is 12.8 Å². The van der Waals surface area contributed by atoms with Gasteiger partial charge in [-0.3, -0.25) is 0 Å². The average Bonchev–Trinajstić information content (AvgIpc) is 2.52. The van der Waals surface area contributed by atoms with Gasteiger partial charge in [0, 0.05) is 11.1 Å². The van der Waals surface area contributed by atoms with Crippen LogP contribution in [-0.2, 0) is 5.60 Å². The Balaban J connectivity index is 2.91. The Morgan fingerprint density at radius 1 is 1.62 bits per heavy atom. The van der Waals surface area contributed by atoms with Gasteiger partial charge in [-0.15, -0.1) is 11.3 Å². The molecule has 2 N–H and O–H groups in total. The van der Waals surface area contributed by atoms with Crippen molar-refractivity contribution in [3.63, 3.8) is 0 Å². The van der Waals surface area contributed by atoms with E-state index in [1.165, 1.54) is 11.3 Å². The molecule has 1 heterocycles. The van der Waals surface area contributed by atoms with Crippen molar-refractivity contribution in [3.8, 4) is 0 Å². The summed E-state index contributed by atoms with van der Waals surface area (Å²) >= 11 is 1.45. The molecule has 0 aliphatic carbocycles. The van der Waals surface area contributed by atoms with Crippen molar-refractivity contribution in [3.05, 3.63) is 16.1 Å². The summed E-state index contributed by atoms with van der Waals surface area (Å²) in [5, 5.41) is 19.2. The summed E-state index contributed by atoms with van der Waals surface area (Å²) in [4.78, 5) is 5.22. The Labute approximate surface area is 82.1 Å². The lowest BCUT2D eigenvalue weighted by Gasteiger charge is -2.16. The van der Waals surface area contributed by atoms with Crippen molar-refractivity contribution in [1.29, 1.82) is 0 Å². The van der Waals surface area contributed by atoms with Gasteiger partial charge < -0.3 is 10.2 Å². The highest BCUT2D eigenvalue weighted by molar-refractivity contribution is 7.11. The second-order valence-electron chi connectivity index (χ2n) is 3.65. The van der Waals surface area contributed by atoms with Crippen LogP contribution in [0.3, 0.4) is 0 Å². The van der Waals surface area contributed by atoms with Crippen molar-refractivity contribution in [2.45, 2.75) is 32.3 Å². The van der Waals surface area contributed by atoms with Gasteiger partial charge in [-0.25, -0.2) is 4.98 Å². The largest absolute Gasteiger partial charge is 0.393 e. The van der Waals surface area contributed by atoms with Crippen LogP contribution >= 0.6 is 11.3 Å². The molecule has 1 rings (SSSR count). The Morgan fingerprint density at radius 2 is 2.23 bits per heavy atom. The number of rotatable bonds is 3. The lowest BCUT2D eigenvalue weighted by Crippen LogP contribution is -2.25. The monoisotopic (exact) mass is 201 g/mol. The van der Waals surface area contributed by atoms with Gasteiger partial charge in [0.05, 0.1) is 6.61 Å². The van der Waals surface area contributed by atoms with E-state index in [1.54, 1.807) is 13.1 Å². The predicted octanol–water partition coefficient (Wildman–Crippen LogP) is 1.47. The van der Waals surface area contributed by atoms with Crippen molar-refractivity contribution in [1.82, 2.24) is 4.98 Å². The first kappa shape index (κ1) is 10.6. The molecule has 0 aromatic carbocycles. The number of aliphatic hydroxyl groups is 2. The normalized spacial score (nSPS) is 16.2. The van der Waals surface area contributed by atoms with Crippen molar-refractivity contribution >= 4 is 11.3 Å². The van der Waals surface area contributed by atoms with Crippen LogP contribution in [0.25, 0.3) is 0 Å². The van der Waals surface area contributed by atoms with Crippen LogP contribution < -0.4 is 0 Å². The first-order valence-electron chi connectivity index (χ1n) is 4.27. The molecular formula is C9H15NO2S. The summed E-state index contributed by atoms with van der Waals surface area (Å²) < 4.78 is 0. The minimum Gasteiger partial charge on any atom is -0.393 e. The molecule has 0 amide bonds. The van der Waals surface area contributed by atoms with E-state index in [1.807, 2.05) is 0 Å². The minimum atomic E-state index is -1.20. The van der Waals surface area contributed by atoms with Gasteiger partial charge in [0.25, 0.3) is 0 Å². The molecule has 0 saturated heterocycles. The summed E-state index contributed by atoms with van der Waals surface area (Å²) in [5.74, 6) is 0.417. The summed E-state index contributed by atoms with van der Waals surface area (Å²) in [6.07, 6.45) is 1.76. The quantitative estimate of drug-likeness (QED) is 0.778. The maximum atomic E-state index is 9.69. The summed E-state index contributed by atoms with van der Waals surface area (Å²) in [6, 6.07) is 0. The van der Waals surface area contributed by atoms with Crippen LogP contribution in [0.5, 0.6) is 0 Å². The third-order valence-corrected chi connectivity index (χ3v) is 3.41. The molecule has 1 atom stereocenters. The molecule has 0 saturated carbocycles. The van der Waals surface area contributed by atoms with Crippen LogP contribution in [0.4, 0.5) is 0 Å². The minimum absolute atomic E-state index is 0.294. The molecule has 0 fully saturated rings. The van der Waals surface area contributed by atoms with Gasteiger partial charge in [-0.1, -0.05) is 13.8 Å². The maximum Gasteiger partial charge on any atom is 0.136 e. The second kappa shape index (κ2) is 3.74. The first-order chi connectivity index (χ1) is 5.97. The van der Waals surface area contributed by atoms with E-state index in [0.29, 0.717) is 10.9 Å². The van der Waals surface area contributed by atoms with E-state index < -0.39 is 5.60 Å². The number of hydrogen-bond acceptors (Lipinski definition) is 4. The SMILES string of the molecule is CC(C)c1cnc(C(C)(O)CO)s1. The zero-order valence-corrected chi connectivity index (χ0v) is 8.93. The van der Waals surface area contributed by atoms with Crippen LogP contribution in [-0.4, -0.2) is 21.8 Å². The molecule has 74 valence electrons. The van der Waals surface area contributed by atoms with Gasteiger partial charge >= 0.3 is 0 Å². The van der Waals surface area contributed by atoms with Gasteiger partial charge in [0.15, 0.2) is 0 Å². The molecule has 3 nitrogen and oxygen atoms in total. The highest BCUT2D eigenvalue weighted by Gasteiger charge is 2.25. The Hall–Kier alpha value is -0.450. The van der Waals surface area contributed by atoms with E-state index in [9.17, 15) is 5.11 Å². The molecule has 4 heteroatoms. The standard InChI is InChI=1S/C9H15NO2S/c1-6(2)7-4-10-8(13-7)9(3,12)5-11/h4,6,11-12H,5H2,1-3H3. The molecule has 0 spiro atoms. The molecule has 1 aromatic rings. The number of thiazole rings is 1. The van der Waals surface area contributed by atoms with Crippen LogP contribution in [0, 0.1) is 0 Å². The summed E-state index contributed by atoms with van der Waals surface area (Å²) in [5.41, 5.74) is -1.20. The first-order valence-corrected chi connectivity index (χ1v) is 5.08. The fraction of sp³-hybridized carbons (Fsp3) is 0.667. The highest BCUT2D eigenvalue weighted by atomic mass is 32.1. The lowest BCUT2D eigenvalue weighted by atomic mass is 10.1. The second-order valence-corrected chi connectivity index (χ2v) is 4.72. The predicted molar refractivity (Wildman–Crippen MR) is 52.9 cm³/mol. The third kappa shape index (κ3) is 2.27. The molecule has 1 aromatic heterocycles. The van der Waals surface area contributed by atoms with E-state index in [0.717, 1.165) is 4.88 Å². The summed E-state index contributed by atoms with van der Waals surface area (Å²) in [6.45, 7) is 5.42. The van der Waals surface area contributed by atoms with Crippen molar-refractivity contribution in [2.75, 3.05) is 6.61 Å². The van der Waals surface area contributed by atoms with Crippen molar-refractivity contribution in [2.24, 2.45) is 0 Å². The Morgan fingerprint density at radius 3 is 2.62 bits per heavy atom. The smallest absolute Gasteiger partial charge is 0.136 e. The molecule has 0 radical (unpaired) electrons. The number of hydrogen-bond donors (Lipinski definition) is 2. The molecular weight excluding hydrogens is 186 g/mol. The fourth-order valence-corrected chi connectivity index (χ4v) is 1.82. The average molecular weight is 201 g/mol. The van der Waals surface area contributed by atoms with E-state index >= 15 is 0 Å². The third-order valence-electron chi connectivity index (χ3n) is 1.86. The van der Waals surface area contributed by atoms with Crippen LogP contribution in [0.1, 0.15) is 36.6 Å². The lowest BCUT2D eigenvalue weighted by molar-refractivity contribution is -0.00244. The molecule has 0 aliphatic rings. The van der Waals surface area contributed by atoms with Crippen LogP contribution in [0.2, 0.25) is 0 Å². The molecule has 13 heavy (non-hydrogen) atoms. The van der Waals surface area contributed by atoms with Gasteiger partial charge in [-0.2, -0.15) is 0 Å². The molecule has 1 unspecified atom stereocenters. The molecule has 0 aliphatic heterocycles. The maximum absolute atomic E-state index is 9.69. The topological polar surface area (TPSA) is 53.4 Å². The fourth-order valence-electron chi connectivity index (χ4n) is 0.870. The van der Waals surface area contributed by atoms with E-state index in [4.69, 9.17) is 5.11 Å². The van der Waals surface area contributed by atoms with Gasteiger partial charge in [0.1, 0.15) is 10.6 Å². The highest BCUT2D eigenvalue weighted by Crippen LogP contribution is 2.28. The number of aliphatic hydroxyl groups excluding tert-OH is 1. The zero-order chi connectivity index (χ0) is 10.1. The van der Waals surface area contributed by atoms with Crippen molar-refractivity contribution < 1.29 is 10.2 Å². The zero-order valence-electron chi connectivity index (χ0n) is 8.11. The van der Waals surface area contributed by atoms with Crippen LogP contribution in [0.15, 0.2) is 6.20 Å². The Bertz CT molecular complexity index is 281. The van der Waals surface area contributed by atoms with Gasteiger partial charge in [0.2, 0.25) is 0 Å². The summed E-state index contributed by atoms with van der Waals surface area (Å²) in [7, 11) is 0. The van der Waals surface area contributed by atoms with E-state index in [2.05, 4.69) is 18.8 Å². The Kier molecular flexibility index (Phi) is 3.05.